The van der Waals surface area contributed by atoms with E-state index in [0.717, 1.165) is 35.5 Å². The van der Waals surface area contributed by atoms with Crippen LogP contribution < -0.4 is 18.9 Å². The first-order valence-electron chi connectivity index (χ1n) is 17.7. The summed E-state index contributed by atoms with van der Waals surface area (Å²) in [7, 11) is 0. The largest absolute Gasteiger partial charge is 0.493 e. The normalized spacial score (nSPS) is 14.7. The lowest BCUT2D eigenvalue weighted by molar-refractivity contribution is 0.0175. The molecule has 49 heavy (non-hydrogen) atoms. The molecule has 0 bridgehead atoms. The highest BCUT2D eigenvalue weighted by molar-refractivity contribution is 5.43. The Balaban J connectivity index is 1.10. The van der Waals surface area contributed by atoms with E-state index in [1.807, 2.05) is 50.2 Å². The van der Waals surface area contributed by atoms with Gasteiger partial charge in [0.1, 0.15) is 40.8 Å². The van der Waals surface area contributed by atoms with Crippen LogP contribution in [0.3, 0.4) is 0 Å². The molecule has 1 aliphatic carbocycles. The molecule has 262 valence electrons. The number of rotatable bonds is 15. The quantitative estimate of drug-likeness (QED) is 0.137. The molecule has 0 radical (unpaired) electrons. The fraction of sp³-hybridized carbons (Fsp3) is 0.455. The first kappa shape index (κ1) is 36.3. The molecule has 1 N–H and O–H groups in total. The van der Waals surface area contributed by atoms with E-state index in [0.29, 0.717) is 6.42 Å². The fourth-order valence-corrected chi connectivity index (χ4v) is 6.18. The third kappa shape index (κ3) is 10.0. The molecule has 0 spiro atoms. The summed E-state index contributed by atoms with van der Waals surface area (Å²) in [6, 6.07) is 33.3. The van der Waals surface area contributed by atoms with Gasteiger partial charge in [-0.25, -0.2) is 0 Å². The highest BCUT2D eigenvalue weighted by atomic mass is 16.5. The van der Waals surface area contributed by atoms with Gasteiger partial charge in [-0.1, -0.05) is 76.2 Å². The number of ether oxygens (including phenoxy) is 4. The number of hydrogen-bond acceptors (Lipinski definition) is 5. The van der Waals surface area contributed by atoms with Gasteiger partial charge < -0.3 is 24.1 Å². The standard InChI is InChI=1S/C44H56O5/c1-41(2,3)48-39-24-16-34(17-25-39)43(6,7)33-14-22-38(23-15-33)47-30-36(45)28-42(4,5)49-40-26-18-35(19-27-40)44(8,9)32-12-20-37(21-13-32)46-29-31-10-11-31/h12-27,31,36,45H,10-11,28-30H2,1-9H3. The average Bonchev–Trinajstić information content (AvgIpc) is 3.87. The molecule has 0 amide bonds. The van der Waals surface area contributed by atoms with Crippen molar-refractivity contribution in [3.8, 4) is 23.0 Å². The van der Waals surface area contributed by atoms with Crippen molar-refractivity contribution in [3.05, 3.63) is 119 Å². The van der Waals surface area contributed by atoms with E-state index in [-0.39, 0.29) is 23.0 Å². The second kappa shape index (κ2) is 14.5. The summed E-state index contributed by atoms with van der Waals surface area (Å²) < 4.78 is 24.3. The molecule has 0 aromatic heterocycles. The van der Waals surface area contributed by atoms with Gasteiger partial charge in [-0.15, -0.1) is 0 Å². The van der Waals surface area contributed by atoms with Gasteiger partial charge in [0.15, 0.2) is 0 Å². The third-order valence-electron chi connectivity index (χ3n) is 9.47. The Labute approximate surface area is 294 Å². The Hall–Kier alpha value is -3.96. The van der Waals surface area contributed by atoms with Gasteiger partial charge in [0, 0.05) is 17.3 Å². The van der Waals surface area contributed by atoms with E-state index in [1.54, 1.807) is 0 Å². The molecular formula is C44H56O5. The average molecular weight is 665 g/mol. The van der Waals surface area contributed by atoms with Crippen LogP contribution in [0.25, 0.3) is 0 Å². The molecule has 1 aliphatic rings. The van der Waals surface area contributed by atoms with Crippen LogP contribution in [0, 0.1) is 5.92 Å². The summed E-state index contributed by atoms with van der Waals surface area (Å²) in [5.41, 5.74) is 3.65. The van der Waals surface area contributed by atoms with Crippen LogP contribution in [-0.4, -0.2) is 35.6 Å². The highest BCUT2D eigenvalue weighted by Gasteiger charge is 2.28. The summed E-state index contributed by atoms with van der Waals surface area (Å²) in [5, 5.41) is 10.9. The predicted octanol–water partition coefficient (Wildman–Crippen LogP) is 10.3. The Morgan fingerprint density at radius 1 is 0.531 bits per heavy atom. The second-order valence-electron chi connectivity index (χ2n) is 16.3. The number of aliphatic hydroxyl groups is 1. The minimum absolute atomic E-state index is 0.169. The van der Waals surface area contributed by atoms with Crippen LogP contribution in [0.15, 0.2) is 97.1 Å². The third-order valence-corrected chi connectivity index (χ3v) is 9.47. The number of benzene rings is 4. The van der Waals surface area contributed by atoms with Crippen LogP contribution in [-0.2, 0) is 10.8 Å². The van der Waals surface area contributed by atoms with Gasteiger partial charge in [0.25, 0.3) is 0 Å². The Kier molecular flexibility index (Phi) is 10.7. The maximum atomic E-state index is 10.9. The maximum Gasteiger partial charge on any atom is 0.120 e. The van der Waals surface area contributed by atoms with Crippen molar-refractivity contribution in [2.75, 3.05) is 13.2 Å². The molecule has 5 rings (SSSR count). The van der Waals surface area contributed by atoms with Crippen molar-refractivity contribution in [2.24, 2.45) is 5.92 Å². The minimum Gasteiger partial charge on any atom is -0.493 e. The van der Waals surface area contributed by atoms with Crippen molar-refractivity contribution in [2.45, 2.75) is 110 Å². The van der Waals surface area contributed by atoms with Crippen molar-refractivity contribution in [1.82, 2.24) is 0 Å². The zero-order valence-corrected chi connectivity index (χ0v) is 31.0. The molecule has 0 saturated heterocycles. The van der Waals surface area contributed by atoms with E-state index in [2.05, 4.69) is 109 Å². The molecule has 0 aliphatic heterocycles. The summed E-state index contributed by atoms with van der Waals surface area (Å²) in [6.45, 7) is 20.1. The van der Waals surface area contributed by atoms with Gasteiger partial charge in [0.05, 0.1) is 12.7 Å². The molecule has 0 heterocycles. The van der Waals surface area contributed by atoms with Crippen LogP contribution in [0.5, 0.6) is 23.0 Å². The van der Waals surface area contributed by atoms with E-state index in [1.165, 1.54) is 35.1 Å². The Bertz CT molecular complexity index is 1620. The van der Waals surface area contributed by atoms with Gasteiger partial charge in [-0.3, -0.25) is 0 Å². The van der Waals surface area contributed by atoms with Crippen LogP contribution in [0.2, 0.25) is 0 Å². The van der Waals surface area contributed by atoms with E-state index < -0.39 is 11.7 Å². The lowest BCUT2D eigenvalue weighted by atomic mass is 9.78. The fourth-order valence-electron chi connectivity index (χ4n) is 6.18. The lowest BCUT2D eigenvalue weighted by Gasteiger charge is -2.30. The monoisotopic (exact) mass is 664 g/mol. The smallest absolute Gasteiger partial charge is 0.120 e. The van der Waals surface area contributed by atoms with Gasteiger partial charge in [-0.05, 0) is 124 Å². The maximum absolute atomic E-state index is 10.9. The molecule has 1 atom stereocenters. The molecule has 1 unspecified atom stereocenters. The minimum atomic E-state index is -0.686. The van der Waals surface area contributed by atoms with Crippen LogP contribution in [0.1, 0.15) is 104 Å². The first-order chi connectivity index (χ1) is 23.0. The predicted molar refractivity (Wildman–Crippen MR) is 199 cm³/mol. The highest BCUT2D eigenvalue weighted by Crippen LogP contribution is 2.36. The van der Waals surface area contributed by atoms with Crippen molar-refractivity contribution >= 4 is 0 Å². The number of aliphatic hydroxyl groups excluding tert-OH is 1. The molecule has 5 heteroatoms. The molecule has 4 aromatic carbocycles. The molecule has 1 saturated carbocycles. The van der Waals surface area contributed by atoms with E-state index in [4.69, 9.17) is 18.9 Å². The van der Waals surface area contributed by atoms with Gasteiger partial charge in [0.2, 0.25) is 0 Å². The molecule has 5 nitrogen and oxygen atoms in total. The summed E-state index contributed by atoms with van der Waals surface area (Å²) in [5.74, 6) is 4.05. The Morgan fingerprint density at radius 3 is 1.29 bits per heavy atom. The van der Waals surface area contributed by atoms with Crippen molar-refractivity contribution in [1.29, 1.82) is 0 Å². The molecule has 4 aromatic rings. The molecule has 1 fully saturated rings. The van der Waals surface area contributed by atoms with Crippen LogP contribution >= 0.6 is 0 Å². The Morgan fingerprint density at radius 2 is 0.898 bits per heavy atom. The van der Waals surface area contributed by atoms with Crippen molar-refractivity contribution in [3.63, 3.8) is 0 Å². The first-order valence-corrected chi connectivity index (χ1v) is 17.7. The van der Waals surface area contributed by atoms with E-state index >= 15 is 0 Å². The topological polar surface area (TPSA) is 57.2 Å². The van der Waals surface area contributed by atoms with Gasteiger partial charge in [-0.2, -0.15) is 0 Å². The zero-order chi connectivity index (χ0) is 35.5. The molecular weight excluding hydrogens is 608 g/mol. The summed E-state index contributed by atoms with van der Waals surface area (Å²) in [6.07, 6.45) is 2.32. The number of hydrogen-bond donors (Lipinski definition) is 1. The zero-order valence-electron chi connectivity index (χ0n) is 31.0. The SMILES string of the molecule is CC(C)(C)Oc1ccc(C(C)(C)c2ccc(OCC(O)CC(C)(C)Oc3ccc(C(C)(C)c4ccc(OCC5CC5)cc4)cc3)cc2)cc1. The summed E-state index contributed by atoms with van der Waals surface area (Å²) >= 11 is 0. The van der Waals surface area contributed by atoms with Crippen LogP contribution in [0.4, 0.5) is 0 Å². The van der Waals surface area contributed by atoms with Crippen molar-refractivity contribution < 1.29 is 24.1 Å². The second-order valence-corrected chi connectivity index (χ2v) is 16.3. The lowest BCUT2D eigenvalue weighted by Crippen LogP contribution is -2.35. The van der Waals surface area contributed by atoms with E-state index in [9.17, 15) is 5.11 Å². The van der Waals surface area contributed by atoms with Gasteiger partial charge >= 0.3 is 0 Å². The summed E-state index contributed by atoms with van der Waals surface area (Å²) in [4.78, 5) is 0.